The molecule has 0 saturated carbocycles. The SMILES string of the molecule is COc1cccc(C(=O)OCC(=O)c2c(C)cc(C)c(C)c2C)c1OC. The maximum atomic E-state index is 12.6. The van der Waals surface area contributed by atoms with Gasteiger partial charge in [0.2, 0.25) is 5.78 Å². The summed E-state index contributed by atoms with van der Waals surface area (Å²) in [5, 5.41) is 0. The molecule has 0 aromatic heterocycles. The van der Waals surface area contributed by atoms with Gasteiger partial charge in [0.05, 0.1) is 14.2 Å². The van der Waals surface area contributed by atoms with Crippen LogP contribution in [0.4, 0.5) is 0 Å². The Bertz CT molecular complexity index is 852. The van der Waals surface area contributed by atoms with E-state index in [2.05, 4.69) is 0 Å². The van der Waals surface area contributed by atoms with Crippen LogP contribution < -0.4 is 9.47 Å². The fourth-order valence-corrected chi connectivity index (χ4v) is 3.04. The van der Waals surface area contributed by atoms with Crippen LogP contribution >= 0.6 is 0 Å². The average molecular weight is 356 g/mol. The minimum absolute atomic E-state index is 0.216. The Hall–Kier alpha value is -2.82. The van der Waals surface area contributed by atoms with Crippen LogP contribution in [0.2, 0.25) is 0 Å². The van der Waals surface area contributed by atoms with Crippen LogP contribution in [-0.2, 0) is 4.74 Å². The molecule has 2 aromatic carbocycles. The number of hydrogen-bond donors (Lipinski definition) is 0. The highest BCUT2D eigenvalue weighted by molar-refractivity contribution is 6.02. The van der Waals surface area contributed by atoms with Crippen LogP contribution in [0.1, 0.15) is 43.0 Å². The number of para-hydroxylation sites is 1. The topological polar surface area (TPSA) is 61.8 Å². The molecule has 0 aliphatic rings. The number of rotatable bonds is 6. The van der Waals surface area contributed by atoms with E-state index in [9.17, 15) is 9.59 Å². The third-order valence-electron chi connectivity index (χ3n) is 4.59. The molecule has 26 heavy (non-hydrogen) atoms. The first kappa shape index (κ1) is 19.5. The Morgan fingerprint density at radius 1 is 0.923 bits per heavy atom. The molecule has 5 heteroatoms. The van der Waals surface area contributed by atoms with E-state index >= 15 is 0 Å². The van der Waals surface area contributed by atoms with Crippen LogP contribution in [-0.4, -0.2) is 32.6 Å². The van der Waals surface area contributed by atoms with Crippen molar-refractivity contribution < 1.29 is 23.8 Å². The van der Waals surface area contributed by atoms with Crippen LogP contribution in [0, 0.1) is 27.7 Å². The first-order valence-corrected chi connectivity index (χ1v) is 8.30. The predicted octanol–water partition coefficient (Wildman–Crippen LogP) is 3.98. The zero-order valence-corrected chi connectivity index (χ0v) is 16.1. The fourth-order valence-electron chi connectivity index (χ4n) is 3.04. The number of methoxy groups -OCH3 is 2. The fraction of sp³-hybridized carbons (Fsp3) is 0.333. The number of esters is 1. The third kappa shape index (κ3) is 3.72. The second-order valence-electron chi connectivity index (χ2n) is 6.18. The molecule has 0 amide bonds. The highest BCUT2D eigenvalue weighted by Gasteiger charge is 2.21. The maximum Gasteiger partial charge on any atom is 0.342 e. The van der Waals surface area contributed by atoms with E-state index in [4.69, 9.17) is 14.2 Å². The second kappa shape index (κ2) is 8.04. The first-order valence-electron chi connectivity index (χ1n) is 8.30. The van der Waals surface area contributed by atoms with Crippen molar-refractivity contribution in [1.82, 2.24) is 0 Å². The molecule has 5 nitrogen and oxygen atoms in total. The summed E-state index contributed by atoms with van der Waals surface area (Å²) in [6, 6.07) is 6.89. The number of ketones is 1. The van der Waals surface area contributed by atoms with Crippen molar-refractivity contribution >= 4 is 11.8 Å². The average Bonchev–Trinajstić information content (AvgIpc) is 2.63. The van der Waals surface area contributed by atoms with E-state index in [0.717, 1.165) is 22.3 Å². The summed E-state index contributed by atoms with van der Waals surface area (Å²) in [7, 11) is 2.93. The Morgan fingerprint density at radius 2 is 1.62 bits per heavy atom. The van der Waals surface area contributed by atoms with Crippen LogP contribution in [0.25, 0.3) is 0 Å². The molecule has 0 saturated heterocycles. The van der Waals surface area contributed by atoms with Crippen molar-refractivity contribution in [1.29, 1.82) is 0 Å². The minimum Gasteiger partial charge on any atom is -0.493 e. The van der Waals surface area contributed by atoms with Gasteiger partial charge in [0.1, 0.15) is 5.56 Å². The number of Topliss-reactive ketones (excluding diaryl/α,β-unsaturated/α-hetero) is 1. The Labute approximate surface area is 153 Å². The van der Waals surface area contributed by atoms with Crippen molar-refractivity contribution in [2.45, 2.75) is 27.7 Å². The number of carbonyl (C=O) groups excluding carboxylic acids is 2. The van der Waals surface area contributed by atoms with Gasteiger partial charge in [-0.2, -0.15) is 0 Å². The molecule has 0 bridgehead atoms. The molecule has 0 fully saturated rings. The largest absolute Gasteiger partial charge is 0.493 e. The number of ether oxygens (including phenoxy) is 3. The lowest BCUT2D eigenvalue weighted by Gasteiger charge is -2.15. The van der Waals surface area contributed by atoms with E-state index in [1.165, 1.54) is 14.2 Å². The summed E-state index contributed by atoms with van der Waals surface area (Å²) in [6.45, 7) is 7.46. The van der Waals surface area contributed by atoms with Gasteiger partial charge in [0, 0.05) is 5.56 Å². The smallest absolute Gasteiger partial charge is 0.342 e. The van der Waals surface area contributed by atoms with Gasteiger partial charge < -0.3 is 14.2 Å². The van der Waals surface area contributed by atoms with E-state index < -0.39 is 5.97 Å². The van der Waals surface area contributed by atoms with Gasteiger partial charge in [0.25, 0.3) is 0 Å². The predicted molar refractivity (Wildman–Crippen MR) is 99.5 cm³/mol. The molecule has 0 heterocycles. The van der Waals surface area contributed by atoms with Crippen molar-refractivity contribution in [3.05, 3.63) is 57.6 Å². The van der Waals surface area contributed by atoms with Crippen LogP contribution in [0.15, 0.2) is 24.3 Å². The summed E-state index contributed by atoms with van der Waals surface area (Å²) >= 11 is 0. The van der Waals surface area contributed by atoms with Crippen molar-refractivity contribution in [2.24, 2.45) is 0 Å². The molecule has 0 unspecified atom stereocenters. The van der Waals surface area contributed by atoms with E-state index in [-0.39, 0.29) is 23.7 Å². The summed E-state index contributed by atoms with van der Waals surface area (Å²) < 4.78 is 15.7. The lowest BCUT2D eigenvalue weighted by atomic mass is 9.92. The van der Waals surface area contributed by atoms with E-state index in [0.29, 0.717) is 11.3 Å². The molecule has 138 valence electrons. The first-order chi connectivity index (χ1) is 12.3. The summed E-state index contributed by atoms with van der Waals surface area (Å²) in [4.78, 5) is 25.0. The quantitative estimate of drug-likeness (QED) is 0.579. The zero-order chi connectivity index (χ0) is 19.4. The molecule has 0 N–H and O–H groups in total. The van der Waals surface area contributed by atoms with Gasteiger partial charge in [-0.15, -0.1) is 0 Å². The molecule has 2 rings (SSSR count). The molecule has 0 spiro atoms. The lowest BCUT2D eigenvalue weighted by Crippen LogP contribution is -2.17. The molecular weight excluding hydrogens is 332 g/mol. The Balaban J connectivity index is 2.21. The van der Waals surface area contributed by atoms with Crippen molar-refractivity contribution in [3.8, 4) is 11.5 Å². The number of hydrogen-bond acceptors (Lipinski definition) is 5. The van der Waals surface area contributed by atoms with E-state index in [1.807, 2.05) is 33.8 Å². The highest BCUT2D eigenvalue weighted by Crippen LogP contribution is 2.31. The molecular formula is C21H24O5. The molecule has 0 aliphatic heterocycles. The van der Waals surface area contributed by atoms with Gasteiger partial charge in [-0.3, -0.25) is 4.79 Å². The highest BCUT2D eigenvalue weighted by atomic mass is 16.5. The van der Waals surface area contributed by atoms with Gasteiger partial charge in [-0.25, -0.2) is 4.79 Å². The standard InChI is InChI=1S/C21H24O5/c1-12-10-13(2)19(15(4)14(12)3)17(22)11-26-21(23)16-8-7-9-18(24-5)20(16)25-6/h7-10H,11H2,1-6H3. The summed E-state index contributed by atoms with van der Waals surface area (Å²) in [6.07, 6.45) is 0. The van der Waals surface area contributed by atoms with Gasteiger partial charge >= 0.3 is 5.97 Å². The van der Waals surface area contributed by atoms with Gasteiger partial charge in [0.15, 0.2) is 18.1 Å². The monoisotopic (exact) mass is 356 g/mol. The summed E-state index contributed by atoms with van der Waals surface area (Å²) in [5.74, 6) is -0.147. The number of benzene rings is 2. The maximum absolute atomic E-state index is 12.6. The molecule has 0 atom stereocenters. The third-order valence-corrected chi connectivity index (χ3v) is 4.59. The Kier molecular flexibility index (Phi) is 6.03. The van der Waals surface area contributed by atoms with E-state index in [1.54, 1.807) is 18.2 Å². The second-order valence-corrected chi connectivity index (χ2v) is 6.18. The Morgan fingerprint density at radius 3 is 2.23 bits per heavy atom. The zero-order valence-electron chi connectivity index (χ0n) is 16.1. The van der Waals surface area contributed by atoms with Gasteiger partial charge in [-0.05, 0) is 62.1 Å². The number of aryl methyl sites for hydroxylation is 2. The molecule has 0 aliphatic carbocycles. The van der Waals surface area contributed by atoms with Crippen molar-refractivity contribution in [3.63, 3.8) is 0 Å². The van der Waals surface area contributed by atoms with Crippen molar-refractivity contribution in [2.75, 3.05) is 20.8 Å². The number of carbonyl (C=O) groups is 2. The molecule has 2 aromatic rings. The minimum atomic E-state index is -0.631. The molecule has 0 radical (unpaired) electrons. The summed E-state index contributed by atoms with van der Waals surface area (Å²) in [5.41, 5.74) is 4.83. The van der Waals surface area contributed by atoms with Crippen LogP contribution in [0.3, 0.4) is 0 Å². The normalized spacial score (nSPS) is 10.4. The van der Waals surface area contributed by atoms with Gasteiger partial charge in [-0.1, -0.05) is 12.1 Å². The van der Waals surface area contributed by atoms with Crippen LogP contribution in [0.5, 0.6) is 11.5 Å². The lowest BCUT2D eigenvalue weighted by molar-refractivity contribution is 0.0470.